The zero-order valence-electron chi connectivity index (χ0n) is 19.6. The maximum atomic E-state index is 11.7. The Morgan fingerprint density at radius 3 is 2.57 bits per heavy atom. The Morgan fingerprint density at radius 2 is 1.86 bits per heavy atom. The summed E-state index contributed by atoms with van der Waals surface area (Å²) < 4.78 is 5.78. The number of anilines is 1. The van der Waals surface area contributed by atoms with E-state index in [1.165, 1.54) is 0 Å². The van der Waals surface area contributed by atoms with Gasteiger partial charge in [-0.25, -0.2) is 4.79 Å². The van der Waals surface area contributed by atoms with Crippen molar-refractivity contribution in [2.24, 2.45) is 17.8 Å². The molecule has 9 heteroatoms. The molecule has 3 fully saturated rings. The highest BCUT2D eigenvalue weighted by Crippen LogP contribution is 2.54. The smallest absolute Gasteiger partial charge is 0.336 e. The molecular formula is C28H22Cl2N4O3. The molecule has 0 radical (unpaired) electrons. The van der Waals surface area contributed by atoms with E-state index >= 15 is 0 Å². The molecule has 4 aromatic rings. The second kappa shape index (κ2) is 8.57. The maximum absolute atomic E-state index is 11.7. The number of pyridine rings is 2. The molecule has 0 bridgehead atoms. The minimum Gasteiger partial charge on any atom is -0.478 e. The van der Waals surface area contributed by atoms with E-state index in [1.54, 1.807) is 30.7 Å². The number of aromatic carboxylic acids is 1. The molecule has 2 atom stereocenters. The number of hydrogen-bond donors (Lipinski definition) is 1. The number of rotatable bonds is 6. The van der Waals surface area contributed by atoms with Crippen molar-refractivity contribution < 1.29 is 14.4 Å². The van der Waals surface area contributed by atoms with Gasteiger partial charge in [0, 0.05) is 54.1 Å². The predicted octanol–water partition coefficient (Wildman–Crippen LogP) is 6.56. The van der Waals surface area contributed by atoms with Crippen LogP contribution >= 0.6 is 23.2 Å². The Morgan fingerprint density at radius 1 is 1.11 bits per heavy atom. The molecule has 0 amide bonds. The first-order chi connectivity index (χ1) is 18.0. The summed E-state index contributed by atoms with van der Waals surface area (Å²) in [5.74, 6) is 1.90. The van der Waals surface area contributed by atoms with E-state index < -0.39 is 5.97 Å². The lowest BCUT2D eigenvalue weighted by Gasteiger charge is -2.23. The molecule has 2 aliphatic carbocycles. The van der Waals surface area contributed by atoms with Gasteiger partial charge in [0.25, 0.3) is 0 Å². The third kappa shape index (κ3) is 3.80. The number of benzene rings is 1. The van der Waals surface area contributed by atoms with Crippen LogP contribution in [0.4, 0.5) is 5.69 Å². The molecule has 3 aliphatic rings. The highest BCUT2D eigenvalue weighted by atomic mass is 35.5. The van der Waals surface area contributed by atoms with Crippen LogP contribution in [0.15, 0.2) is 53.5 Å². The van der Waals surface area contributed by atoms with Crippen molar-refractivity contribution in [3.05, 3.63) is 75.9 Å². The molecule has 1 aliphatic heterocycles. The molecule has 4 heterocycles. The van der Waals surface area contributed by atoms with Crippen molar-refractivity contribution in [3.63, 3.8) is 0 Å². The molecular weight excluding hydrogens is 511 g/mol. The fourth-order valence-electron chi connectivity index (χ4n) is 5.79. The van der Waals surface area contributed by atoms with Gasteiger partial charge < -0.3 is 14.5 Å². The van der Waals surface area contributed by atoms with E-state index in [-0.39, 0.29) is 5.56 Å². The number of fused-ring (bicyclic) bond motifs is 2. The second-order valence-electron chi connectivity index (χ2n) is 10.1. The number of halogens is 2. The normalized spacial score (nSPS) is 22.6. The van der Waals surface area contributed by atoms with Crippen LogP contribution < -0.4 is 4.90 Å². The Labute approximate surface area is 222 Å². The van der Waals surface area contributed by atoms with Crippen molar-refractivity contribution in [3.8, 4) is 11.3 Å². The van der Waals surface area contributed by atoms with Gasteiger partial charge in [-0.3, -0.25) is 9.97 Å². The average molecular weight is 533 g/mol. The van der Waals surface area contributed by atoms with Crippen LogP contribution in [0.1, 0.15) is 40.4 Å². The lowest BCUT2D eigenvalue weighted by Crippen LogP contribution is -2.24. The minimum absolute atomic E-state index is 0.280. The molecule has 0 spiro atoms. The maximum Gasteiger partial charge on any atom is 0.336 e. The minimum atomic E-state index is -0.938. The number of aromatic nitrogens is 3. The topological polar surface area (TPSA) is 92.3 Å². The number of hydrogen-bond acceptors (Lipinski definition) is 6. The number of carboxylic acids is 1. The van der Waals surface area contributed by atoms with E-state index in [1.807, 2.05) is 12.1 Å². The standard InChI is InChI=1S/C28H22Cl2N4O3/c29-21-10-31-11-22(30)24(21)26-18(27(37-33-26)14-3-4-14)6-5-15-19-12-34(13-20(15)19)23-8-7-17(28(35)36)16-2-1-9-32-25(16)23/h1-2,5-11,14-15,19-20H,3-4,12-13H2,(H,35,36)/b6-5+. The number of nitrogens with zero attached hydrogens (tertiary/aromatic N) is 4. The average Bonchev–Trinajstić information content (AvgIpc) is 3.76. The summed E-state index contributed by atoms with van der Waals surface area (Å²) in [5.41, 5.74) is 4.29. The Bertz CT molecular complexity index is 1560. The zero-order valence-corrected chi connectivity index (χ0v) is 21.2. The van der Waals surface area contributed by atoms with Crippen LogP contribution in [0.25, 0.3) is 28.2 Å². The van der Waals surface area contributed by atoms with Gasteiger partial charge >= 0.3 is 5.97 Å². The largest absolute Gasteiger partial charge is 0.478 e. The number of carbonyl (C=O) groups is 1. The third-order valence-electron chi connectivity index (χ3n) is 7.86. The van der Waals surface area contributed by atoms with Gasteiger partial charge in [0.1, 0.15) is 11.5 Å². The molecule has 1 N–H and O–H groups in total. The van der Waals surface area contributed by atoms with Gasteiger partial charge in [-0.15, -0.1) is 0 Å². The molecule has 2 saturated carbocycles. The highest BCUT2D eigenvalue weighted by molar-refractivity contribution is 6.39. The van der Waals surface area contributed by atoms with Crippen LogP contribution in [-0.4, -0.2) is 39.3 Å². The second-order valence-corrected chi connectivity index (χ2v) is 10.9. The van der Waals surface area contributed by atoms with Crippen LogP contribution in [0.5, 0.6) is 0 Å². The van der Waals surface area contributed by atoms with E-state index in [2.05, 4.69) is 32.2 Å². The monoisotopic (exact) mass is 532 g/mol. The Hall–Kier alpha value is -3.42. The predicted molar refractivity (Wildman–Crippen MR) is 142 cm³/mol. The Balaban J connectivity index is 1.14. The highest BCUT2D eigenvalue weighted by Gasteiger charge is 2.54. The van der Waals surface area contributed by atoms with Crippen molar-refractivity contribution in [1.29, 1.82) is 0 Å². The van der Waals surface area contributed by atoms with E-state index in [0.717, 1.165) is 48.5 Å². The summed E-state index contributed by atoms with van der Waals surface area (Å²) >= 11 is 12.9. The lowest BCUT2D eigenvalue weighted by atomic mass is 10.0. The summed E-state index contributed by atoms with van der Waals surface area (Å²) in [4.78, 5) is 22.6. The first-order valence-corrected chi connectivity index (χ1v) is 13.1. The zero-order chi connectivity index (χ0) is 25.3. The van der Waals surface area contributed by atoms with Crippen LogP contribution in [0, 0.1) is 17.8 Å². The van der Waals surface area contributed by atoms with Gasteiger partial charge in [0.2, 0.25) is 0 Å². The van der Waals surface area contributed by atoms with Crippen molar-refractivity contribution in [2.75, 3.05) is 18.0 Å². The summed E-state index contributed by atoms with van der Waals surface area (Å²) in [6, 6.07) is 7.18. The van der Waals surface area contributed by atoms with Crippen molar-refractivity contribution >= 4 is 51.8 Å². The molecule has 1 saturated heterocycles. The molecule has 3 aromatic heterocycles. The number of carboxylic acid groups (broad SMARTS) is 1. The summed E-state index contributed by atoms with van der Waals surface area (Å²) in [5, 5.41) is 15.5. The molecule has 186 valence electrons. The van der Waals surface area contributed by atoms with E-state index in [0.29, 0.717) is 50.4 Å². The number of allylic oxidation sites excluding steroid dienone is 1. The van der Waals surface area contributed by atoms with Gasteiger partial charge in [-0.2, -0.15) is 0 Å². The first kappa shape index (κ1) is 22.8. The lowest BCUT2D eigenvalue weighted by molar-refractivity contribution is 0.0699. The fraction of sp³-hybridized carbons (Fsp3) is 0.286. The van der Waals surface area contributed by atoms with Gasteiger partial charge in [-0.1, -0.05) is 46.6 Å². The summed E-state index contributed by atoms with van der Waals surface area (Å²) in [6.07, 6.45) is 11.5. The molecule has 37 heavy (non-hydrogen) atoms. The molecule has 7 nitrogen and oxygen atoms in total. The van der Waals surface area contributed by atoms with Gasteiger partial charge in [0.05, 0.1) is 26.8 Å². The SMILES string of the molecule is O=C(O)c1ccc(N2CC3C(/C=C/c4c(-c5c(Cl)cncc5Cl)noc4C4CC4)C3C2)c2ncccc12. The molecule has 7 rings (SSSR count). The van der Waals surface area contributed by atoms with E-state index in [4.69, 9.17) is 27.7 Å². The van der Waals surface area contributed by atoms with Gasteiger partial charge in [-0.05, 0) is 48.8 Å². The van der Waals surface area contributed by atoms with Crippen LogP contribution in [0.2, 0.25) is 10.0 Å². The van der Waals surface area contributed by atoms with Crippen molar-refractivity contribution in [1.82, 2.24) is 15.1 Å². The van der Waals surface area contributed by atoms with Crippen LogP contribution in [-0.2, 0) is 0 Å². The van der Waals surface area contributed by atoms with Crippen LogP contribution in [0.3, 0.4) is 0 Å². The summed E-state index contributed by atoms with van der Waals surface area (Å²) in [6.45, 7) is 1.82. The quantitative estimate of drug-likeness (QED) is 0.300. The first-order valence-electron chi connectivity index (χ1n) is 12.3. The van der Waals surface area contributed by atoms with Gasteiger partial charge in [0.15, 0.2) is 0 Å². The Kier molecular flexibility index (Phi) is 5.27. The van der Waals surface area contributed by atoms with E-state index in [9.17, 15) is 9.90 Å². The number of piperidine rings is 1. The molecule has 2 unspecified atom stereocenters. The third-order valence-corrected chi connectivity index (χ3v) is 8.43. The summed E-state index contributed by atoms with van der Waals surface area (Å²) in [7, 11) is 0. The molecule has 1 aromatic carbocycles. The fourth-order valence-corrected chi connectivity index (χ4v) is 6.33. The van der Waals surface area contributed by atoms with Crippen molar-refractivity contribution in [2.45, 2.75) is 18.8 Å².